The maximum absolute atomic E-state index is 5.41. The first kappa shape index (κ1) is 17.1. The number of aryl methyl sites for hydroxylation is 1. The van der Waals surface area contributed by atoms with Crippen LogP contribution in [0, 0.1) is 6.92 Å². The maximum atomic E-state index is 5.41. The second-order valence-corrected chi connectivity index (χ2v) is 7.11. The minimum atomic E-state index is 0.290. The molecule has 28 heavy (non-hydrogen) atoms. The number of nitrogens with zero attached hydrogens (tertiary/aromatic N) is 8. The van der Waals surface area contributed by atoms with Gasteiger partial charge in [0.2, 0.25) is 11.6 Å². The first-order valence-corrected chi connectivity index (χ1v) is 9.61. The van der Waals surface area contributed by atoms with Gasteiger partial charge in [-0.25, -0.2) is 9.97 Å². The highest BCUT2D eigenvalue weighted by Gasteiger charge is 2.26. The lowest BCUT2D eigenvalue weighted by atomic mass is 10.2. The SMILES string of the molecule is Cc1nnc2c(N3CCC(Nc4ccnc(N5CCOCC5)n4)C3)nccn12. The molecule has 3 aromatic heterocycles. The number of hydrogen-bond donors (Lipinski definition) is 1. The van der Waals surface area contributed by atoms with E-state index in [0.29, 0.717) is 6.04 Å². The van der Waals surface area contributed by atoms with Crippen LogP contribution in [0.5, 0.6) is 0 Å². The fourth-order valence-corrected chi connectivity index (χ4v) is 3.78. The predicted molar refractivity (Wildman–Crippen MR) is 105 cm³/mol. The lowest BCUT2D eigenvalue weighted by molar-refractivity contribution is 0.122. The van der Waals surface area contributed by atoms with Crippen LogP contribution in [0.3, 0.4) is 0 Å². The summed E-state index contributed by atoms with van der Waals surface area (Å²) in [6.07, 6.45) is 6.52. The Labute approximate surface area is 162 Å². The highest BCUT2D eigenvalue weighted by atomic mass is 16.5. The molecule has 0 aromatic carbocycles. The molecule has 0 amide bonds. The number of nitrogens with one attached hydrogen (secondary N) is 1. The number of hydrogen-bond acceptors (Lipinski definition) is 9. The van der Waals surface area contributed by atoms with Gasteiger partial charge in [-0.2, -0.15) is 4.98 Å². The maximum Gasteiger partial charge on any atom is 0.227 e. The average Bonchev–Trinajstić information content (AvgIpc) is 3.36. The van der Waals surface area contributed by atoms with Crippen molar-refractivity contribution in [1.29, 1.82) is 0 Å². The Morgan fingerprint density at radius 3 is 2.86 bits per heavy atom. The van der Waals surface area contributed by atoms with E-state index in [4.69, 9.17) is 9.72 Å². The number of fused-ring (bicyclic) bond motifs is 1. The molecule has 5 rings (SSSR count). The van der Waals surface area contributed by atoms with Crippen molar-refractivity contribution >= 4 is 23.2 Å². The van der Waals surface area contributed by atoms with Crippen LogP contribution in [0.2, 0.25) is 0 Å². The molecule has 1 atom stereocenters. The first-order chi connectivity index (χ1) is 13.8. The minimum Gasteiger partial charge on any atom is -0.378 e. The number of anilines is 3. The largest absolute Gasteiger partial charge is 0.378 e. The molecule has 0 radical (unpaired) electrons. The lowest BCUT2D eigenvalue weighted by Crippen LogP contribution is -2.37. The summed E-state index contributed by atoms with van der Waals surface area (Å²) in [5, 5.41) is 12.0. The molecular formula is C18H23N9O. The summed E-state index contributed by atoms with van der Waals surface area (Å²) < 4.78 is 7.38. The van der Waals surface area contributed by atoms with Gasteiger partial charge in [-0.3, -0.25) is 4.40 Å². The molecule has 10 heteroatoms. The van der Waals surface area contributed by atoms with E-state index in [2.05, 4.69) is 35.3 Å². The van der Waals surface area contributed by atoms with Crippen molar-refractivity contribution in [2.24, 2.45) is 0 Å². The Kier molecular flexibility index (Phi) is 4.40. The van der Waals surface area contributed by atoms with Gasteiger partial charge in [0.15, 0.2) is 5.82 Å². The van der Waals surface area contributed by atoms with Crippen molar-refractivity contribution < 1.29 is 4.74 Å². The topological polar surface area (TPSA) is 96.6 Å². The summed E-state index contributed by atoms with van der Waals surface area (Å²) in [7, 11) is 0. The van der Waals surface area contributed by atoms with E-state index in [1.54, 1.807) is 6.20 Å². The second kappa shape index (κ2) is 7.19. The van der Waals surface area contributed by atoms with Crippen LogP contribution >= 0.6 is 0 Å². The smallest absolute Gasteiger partial charge is 0.227 e. The Balaban J connectivity index is 1.29. The Bertz CT molecular complexity index is 969. The fourth-order valence-electron chi connectivity index (χ4n) is 3.78. The van der Waals surface area contributed by atoms with Gasteiger partial charge in [-0.15, -0.1) is 10.2 Å². The minimum absolute atomic E-state index is 0.290. The van der Waals surface area contributed by atoms with Crippen LogP contribution in [-0.4, -0.2) is 75.0 Å². The zero-order valence-electron chi connectivity index (χ0n) is 15.8. The quantitative estimate of drug-likeness (QED) is 0.702. The number of morpholine rings is 1. The molecule has 2 aliphatic rings. The standard InChI is InChI=1S/C18H23N9O/c1-13-23-24-17-16(19-5-7-27(13)17)26-6-3-14(12-26)21-15-2-4-20-18(22-15)25-8-10-28-11-9-25/h2,4-5,7,14H,3,6,8-12H2,1H3,(H,20,21,22). The van der Waals surface area contributed by atoms with E-state index in [0.717, 1.165) is 74.9 Å². The molecule has 3 aromatic rings. The van der Waals surface area contributed by atoms with Crippen LogP contribution in [-0.2, 0) is 4.74 Å². The van der Waals surface area contributed by atoms with Gasteiger partial charge in [0.1, 0.15) is 11.6 Å². The summed E-state index contributed by atoms with van der Waals surface area (Å²) in [5.41, 5.74) is 0.803. The van der Waals surface area contributed by atoms with Gasteiger partial charge in [0, 0.05) is 50.8 Å². The van der Waals surface area contributed by atoms with Crippen molar-refractivity contribution in [3.05, 3.63) is 30.5 Å². The molecule has 2 aliphatic heterocycles. The van der Waals surface area contributed by atoms with E-state index in [9.17, 15) is 0 Å². The highest BCUT2D eigenvalue weighted by Crippen LogP contribution is 2.24. The van der Waals surface area contributed by atoms with E-state index in [-0.39, 0.29) is 0 Å². The van der Waals surface area contributed by atoms with Crippen LogP contribution in [0.25, 0.3) is 5.65 Å². The third kappa shape index (κ3) is 3.19. The molecule has 146 valence electrons. The van der Waals surface area contributed by atoms with E-state index in [1.165, 1.54) is 0 Å². The molecular weight excluding hydrogens is 358 g/mol. The van der Waals surface area contributed by atoms with Crippen LogP contribution in [0.4, 0.5) is 17.6 Å². The molecule has 1 unspecified atom stereocenters. The van der Waals surface area contributed by atoms with Gasteiger partial charge < -0.3 is 19.9 Å². The molecule has 1 N–H and O–H groups in total. The van der Waals surface area contributed by atoms with E-state index >= 15 is 0 Å². The summed E-state index contributed by atoms with van der Waals surface area (Å²) in [5.74, 6) is 3.36. The Morgan fingerprint density at radius 2 is 1.96 bits per heavy atom. The first-order valence-electron chi connectivity index (χ1n) is 9.61. The van der Waals surface area contributed by atoms with Gasteiger partial charge in [-0.05, 0) is 19.4 Å². The van der Waals surface area contributed by atoms with Crippen molar-refractivity contribution in [2.45, 2.75) is 19.4 Å². The molecule has 0 spiro atoms. The zero-order valence-corrected chi connectivity index (χ0v) is 15.8. The highest BCUT2D eigenvalue weighted by molar-refractivity contribution is 5.64. The van der Waals surface area contributed by atoms with Gasteiger partial charge in [0.05, 0.1) is 13.2 Å². The molecule has 10 nitrogen and oxygen atoms in total. The number of aromatic nitrogens is 6. The van der Waals surface area contributed by atoms with Gasteiger partial charge in [0.25, 0.3) is 0 Å². The van der Waals surface area contributed by atoms with Crippen molar-refractivity contribution in [3.63, 3.8) is 0 Å². The summed E-state index contributed by atoms with van der Waals surface area (Å²) in [6.45, 7) is 6.80. The normalized spacial score (nSPS) is 20.1. The predicted octanol–water partition coefficient (Wildman–Crippen LogP) is 0.750. The third-order valence-electron chi connectivity index (χ3n) is 5.26. The molecule has 2 saturated heterocycles. The Hall–Kier alpha value is -3.01. The fraction of sp³-hybridized carbons (Fsp3) is 0.500. The Morgan fingerprint density at radius 1 is 1.07 bits per heavy atom. The van der Waals surface area contributed by atoms with Crippen molar-refractivity contribution in [1.82, 2.24) is 29.5 Å². The summed E-state index contributed by atoms with van der Waals surface area (Å²) in [6, 6.07) is 2.21. The summed E-state index contributed by atoms with van der Waals surface area (Å²) >= 11 is 0. The third-order valence-corrected chi connectivity index (χ3v) is 5.26. The van der Waals surface area contributed by atoms with Crippen molar-refractivity contribution in [2.75, 3.05) is 54.5 Å². The van der Waals surface area contributed by atoms with Gasteiger partial charge in [-0.1, -0.05) is 0 Å². The average molecular weight is 381 g/mol. The molecule has 0 bridgehead atoms. The van der Waals surface area contributed by atoms with Crippen molar-refractivity contribution in [3.8, 4) is 0 Å². The van der Waals surface area contributed by atoms with E-state index < -0.39 is 0 Å². The van der Waals surface area contributed by atoms with Crippen LogP contribution in [0.1, 0.15) is 12.2 Å². The monoisotopic (exact) mass is 381 g/mol. The van der Waals surface area contributed by atoms with Crippen LogP contribution < -0.4 is 15.1 Å². The molecule has 0 aliphatic carbocycles. The number of ether oxygens (including phenoxy) is 1. The second-order valence-electron chi connectivity index (χ2n) is 7.11. The number of rotatable bonds is 4. The van der Waals surface area contributed by atoms with Crippen LogP contribution in [0.15, 0.2) is 24.7 Å². The summed E-state index contributed by atoms with van der Waals surface area (Å²) in [4.78, 5) is 18.1. The molecule has 5 heterocycles. The van der Waals surface area contributed by atoms with E-state index in [1.807, 2.05) is 29.8 Å². The van der Waals surface area contributed by atoms with Gasteiger partial charge >= 0.3 is 0 Å². The lowest BCUT2D eigenvalue weighted by Gasteiger charge is -2.27. The zero-order chi connectivity index (χ0) is 18.9. The molecule has 2 fully saturated rings. The molecule has 0 saturated carbocycles.